The fourth-order valence-electron chi connectivity index (χ4n) is 3.10. The lowest BCUT2D eigenvalue weighted by Gasteiger charge is -2.44. The van der Waals surface area contributed by atoms with Gasteiger partial charge in [-0.3, -0.25) is 19.2 Å². The van der Waals surface area contributed by atoms with Crippen molar-refractivity contribution in [1.29, 1.82) is 0 Å². The van der Waals surface area contributed by atoms with Gasteiger partial charge in [0.15, 0.2) is 12.2 Å². The van der Waals surface area contributed by atoms with Gasteiger partial charge < -0.3 is 28.4 Å². The van der Waals surface area contributed by atoms with Crippen molar-refractivity contribution in [3.63, 3.8) is 0 Å². The van der Waals surface area contributed by atoms with E-state index in [9.17, 15) is 19.2 Å². The SMILES string of the molecule is CC(=O)OCC1OC(Oc2ccccc2C)C(OC(C)=O)C(OC(C)=O)C1OC(C)=O. The monoisotopic (exact) mass is 438 g/mol. The molecular formula is C21H26O10. The second-order valence-electron chi connectivity index (χ2n) is 6.95. The summed E-state index contributed by atoms with van der Waals surface area (Å²) < 4.78 is 32.9. The molecule has 0 amide bonds. The summed E-state index contributed by atoms with van der Waals surface area (Å²) in [4.78, 5) is 46.6. The molecule has 1 aliphatic heterocycles. The van der Waals surface area contributed by atoms with Crippen molar-refractivity contribution < 1.29 is 47.6 Å². The summed E-state index contributed by atoms with van der Waals surface area (Å²) in [6.45, 7) is 6.18. The molecule has 5 atom stereocenters. The molecule has 0 bridgehead atoms. The molecule has 0 aromatic heterocycles. The minimum Gasteiger partial charge on any atom is -0.463 e. The normalized spacial score (nSPS) is 25.1. The number of hydrogen-bond donors (Lipinski definition) is 0. The quantitative estimate of drug-likeness (QED) is 0.456. The second kappa shape index (κ2) is 10.8. The van der Waals surface area contributed by atoms with Crippen LogP contribution < -0.4 is 4.74 Å². The Kier molecular flexibility index (Phi) is 8.38. The number of para-hydroxylation sites is 1. The van der Waals surface area contributed by atoms with E-state index in [4.69, 9.17) is 28.4 Å². The van der Waals surface area contributed by atoms with Gasteiger partial charge in [-0.15, -0.1) is 0 Å². The molecule has 0 aliphatic carbocycles. The summed E-state index contributed by atoms with van der Waals surface area (Å²) in [5, 5.41) is 0. The smallest absolute Gasteiger partial charge is 0.303 e. The molecule has 170 valence electrons. The Morgan fingerprint density at radius 3 is 1.90 bits per heavy atom. The van der Waals surface area contributed by atoms with E-state index in [0.29, 0.717) is 5.75 Å². The Balaban J connectivity index is 2.46. The molecule has 1 aromatic rings. The lowest BCUT2D eigenvalue weighted by atomic mass is 9.98. The summed E-state index contributed by atoms with van der Waals surface area (Å²) in [6, 6.07) is 7.05. The van der Waals surface area contributed by atoms with Gasteiger partial charge in [0.05, 0.1) is 0 Å². The van der Waals surface area contributed by atoms with Gasteiger partial charge >= 0.3 is 23.9 Å². The van der Waals surface area contributed by atoms with E-state index in [2.05, 4.69) is 0 Å². The van der Waals surface area contributed by atoms with Crippen LogP contribution in [-0.2, 0) is 42.9 Å². The van der Waals surface area contributed by atoms with Gasteiger partial charge in [-0.05, 0) is 18.6 Å². The molecule has 0 N–H and O–H groups in total. The zero-order valence-corrected chi connectivity index (χ0v) is 18.0. The van der Waals surface area contributed by atoms with Crippen LogP contribution in [0, 0.1) is 6.92 Å². The van der Waals surface area contributed by atoms with E-state index in [0.717, 1.165) is 19.4 Å². The number of benzene rings is 1. The van der Waals surface area contributed by atoms with Crippen molar-refractivity contribution in [2.45, 2.75) is 65.3 Å². The van der Waals surface area contributed by atoms with Crippen molar-refractivity contribution >= 4 is 23.9 Å². The first kappa shape index (κ1) is 24.1. The third kappa shape index (κ3) is 6.95. The van der Waals surface area contributed by atoms with Crippen molar-refractivity contribution in [1.82, 2.24) is 0 Å². The summed E-state index contributed by atoms with van der Waals surface area (Å²) in [5.74, 6) is -2.25. The third-order valence-corrected chi connectivity index (χ3v) is 4.28. The minimum atomic E-state index is -1.27. The number of hydrogen-bond acceptors (Lipinski definition) is 10. The van der Waals surface area contributed by atoms with Crippen LogP contribution in [0.15, 0.2) is 24.3 Å². The average Bonchev–Trinajstić information content (AvgIpc) is 2.65. The van der Waals surface area contributed by atoms with Crippen LogP contribution in [0.1, 0.15) is 33.3 Å². The first-order chi connectivity index (χ1) is 14.6. The maximum Gasteiger partial charge on any atom is 0.303 e. The molecule has 0 radical (unpaired) electrons. The highest BCUT2D eigenvalue weighted by atomic mass is 16.7. The highest BCUT2D eigenvalue weighted by molar-refractivity contribution is 5.68. The average molecular weight is 438 g/mol. The molecule has 10 nitrogen and oxygen atoms in total. The molecule has 5 unspecified atom stereocenters. The van der Waals surface area contributed by atoms with Crippen LogP contribution in [0.4, 0.5) is 0 Å². The van der Waals surface area contributed by atoms with Gasteiger partial charge in [0.25, 0.3) is 0 Å². The Hall–Kier alpha value is -3.14. The summed E-state index contributed by atoms with van der Waals surface area (Å²) in [7, 11) is 0. The highest BCUT2D eigenvalue weighted by Gasteiger charge is 2.53. The number of ether oxygens (including phenoxy) is 6. The molecule has 10 heteroatoms. The number of aryl methyl sites for hydroxylation is 1. The zero-order valence-electron chi connectivity index (χ0n) is 18.0. The minimum absolute atomic E-state index is 0.314. The molecule has 1 aliphatic rings. The summed E-state index contributed by atoms with van der Waals surface area (Å²) >= 11 is 0. The van der Waals surface area contributed by atoms with Crippen molar-refractivity contribution in [2.75, 3.05) is 6.61 Å². The van der Waals surface area contributed by atoms with E-state index < -0.39 is 54.6 Å². The van der Waals surface area contributed by atoms with Crippen molar-refractivity contribution in [3.8, 4) is 5.75 Å². The zero-order chi connectivity index (χ0) is 23.1. The molecule has 0 spiro atoms. The van der Waals surface area contributed by atoms with Crippen LogP contribution >= 0.6 is 0 Å². The van der Waals surface area contributed by atoms with Gasteiger partial charge in [0, 0.05) is 27.7 Å². The lowest BCUT2D eigenvalue weighted by molar-refractivity contribution is -0.288. The molecule has 1 heterocycles. The topological polar surface area (TPSA) is 124 Å². The van der Waals surface area contributed by atoms with Crippen LogP contribution in [0.2, 0.25) is 0 Å². The van der Waals surface area contributed by atoms with E-state index in [1.807, 2.05) is 6.07 Å². The number of esters is 4. The first-order valence-electron chi connectivity index (χ1n) is 9.61. The maximum atomic E-state index is 11.8. The third-order valence-electron chi connectivity index (χ3n) is 4.28. The number of carbonyl (C=O) groups is 4. The van der Waals surface area contributed by atoms with Gasteiger partial charge in [-0.25, -0.2) is 0 Å². The van der Waals surface area contributed by atoms with Crippen LogP contribution in [-0.4, -0.2) is 61.2 Å². The summed E-state index contributed by atoms with van der Waals surface area (Å²) in [5.41, 5.74) is 0.773. The van der Waals surface area contributed by atoms with Crippen LogP contribution in [0.5, 0.6) is 5.75 Å². The fourth-order valence-corrected chi connectivity index (χ4v) is 3.10. The van der Waals surface area contributed by atoms with E-state index in [1.54, 1.807) is 25.1 Å². The first-order valence-corrected chi connectivity index (χ1v) is 9.61. The maximum absolute atomic E-state index is 11.8. The number of carbonyl (C=O) groups excluding carboxylic acids is 4. The molecule has 1 fully saturated rings. The molecule has 1 aromatic carbocycles. The lowest BCUT2D eigenvalue weighted by Crippen LogP contribution is -2.63. The Labute approximate surface area is 179 Å². The standard InChI is InChI=1S/C21H26O10/c1-11-8-6-7-9-16(11)30-21-20(29-15(5)25)19(28-14(4)24)18(27-13(3)23)17(31-21)10-26-12(2)22/h6-9,17-21H,10H2,1-5H3. The largest absolute Gasteiger partial charge is 0.463 e. The Morgan fingerprint density at radius 1 is 0.806 bits per heavy atom. The van der Waals surface area contributed by atoms with Crippen LogP contribution in [0.3, 0.4) is 0 Å². The summed E-state index contributed by atoms with van der Waals surface area (Å²) in [6.07, 6.45) is -6.06. The molecule has 2 rings (SSSR count). The van der Waals surface area contributed by atoms with Crippen molar-refractivity contribution in [2.24, 2.45) is 0 Å². The van der Waals surface area contributed by atoms with Gasteiger partial charge in [0.2, 0.25) is 12.4 Å². The molecule has 0 saturated carbocycles. The van der Waals surface area contributed by atoms with E-state index in [1.165, 1.54) is 13.8 Å². The van der Waals surface area contributed by atoms with Gasteiger partial charge in [-0.1, -0.05) is 18.2 Å². The second-order valence-corrected chi connectivity index (χ2v) is 6.95. The predicted molar refractivity (Wildman–Crippen MR) is 104 cm³/mol. The Morgan fingerprint density at radius 2 is 1.35 bits per heavy atom. The van der Waals surface area contributed by atoms with E-state index >= 15 is 0 Å². The highest BCUT2D eigenvalue weighted by Crippen LogP contribution is 2.31. The molecule has 31 heavy (non-hydrogen) atoms. The fraction of sp³-hybridized carbons (Fsp3) is 0.524. The number of rotatable bonds is 7. The Bertz CT molecular complexity index is 820. The molecule has 1 saturated heterocycles. The molecular weight excluding hydrogens is 412 g/mol. The van der Waals surface area contributed by atoms with Crippen LogP contribution in [0.25, 0.3) is 0 Å². The van der Waals surface area contributed by atoms with Crippen molar-refractivity contribution in [3.05, 3.63) is 29.8 Å². The van der Waals surface area contributed by atoms with Gasteiger partial charge in [-0.2, -0.15) is 0 Å². The predicted octanol–water partition coefficient (Wildman–Crippen LogP) is 1.46. The van der Waals surface area contributed by atoms with E-state index in [-0.39, 0.29) is 6.61 Å². The van der Waals surface area contributed by atoms with Gasteiger partial charge in [0.1, 0.15) is 18.5 Å².